The van der Waals surface area contributed by atoms with E-state index >= 15 is 0 Å². The summed E-state index contributed by atoms with van der Waals surface area (Å²) in [7, 11) is 0. The largest absolute Gasteiger partial charge is 0.255 e. The van der Waals surface area contributed by atoms with E-state index in [0.717, 1.165) is 16.6 Å². The van der Waals surface area contributed by atoms with Gasteiger partial charge in [-0.25, -0.2) is 0 Å². The van der Waals surface area contributed by atoms with Crippen LogP contribution in [-0.4, -0.2) is 9.36 Å². The van der Waals surface area contributed by atoms with E-state index in [4.69, 9.17) is 0 Å². The molecule has 0 saturated carbocycles. The Morgan fingerprint density at radius 1 is 1.13 bits per heavy atom. The van der Waals surface area contributed by atoms with Crippen molar-refractivity contribution in [3.63, 3.8) is 0 Å². The third-order valence-electron chi connectivity index (χ3n) is 2.32. The molecule has 0 atom stereocenters. The summed E-state index contributed by atoms with van der Waals surface area (Å²) >= 11 is 1.40. The molecule has 0 fully saturated rings. The molecule has 1 radical (unpaired) electrons. The highest BCUT2D eigenvalue weighted by atomic mass is 32.1. The molecule has 0 bridgehead atoms. The Labute approximate surface area is 91.4 Å². The zero-order valence-corrected chi connectivity index (χ0v) is 8.66. The first-order valence-electron chi connectivity index (χ1n) is 4.61. The normalized spacial score (nSPS) is 10.7. The smallest absolute Gasteiger partial charge is 0.114 e. The first kappa shape index (κ1) is 8.56. The SMILES string of the molecule is [c]1nscc1-c1nccc2ccccc12. The molecule has 2 aromatic heterocycles. The van der Waals surface area contributed by atoms with Crippen LogP contribution < -0.4 is 0 Å². The summed E-state index contributed by atoms with van der Waals surface area (Å²) < 4.78 is 3.98. The van der Waals surface area contributed by atoms with Gasteiger partial charge in [0.05, 0.1) is 5.69 Å². The Hall–Kier alpha value is -1.74. The number of rotatable bonds is 1. The lowest BCUT2D eigenvalue weighted by molar-refractivity contribution is 1.35. The fourth-order valence-corrected chi connectivity index (χ4v) is 2.10. The fourth-order valence-electron chi connectivity index (χ4n) is 1.62. The maximum Gasteiger partial charge on any atom is 0.114 e. The Balaban J connectivity index is 2.36. The van der Waals surface area contributed by atoms with Gasteiger partial charge in [0.15, 0.2) is 0 Å². The van der Waals surface area contributed by atoms with Gasteiger partial charge in [0.2, 0.25) is 0 Å². The lowest BCUT2D eigenvalue weighted by atomic mass is 10.1. The molecular weight excluding hydrogens is 204 g/mol. The molecule has 0 unspecified atom stereocenters. The minimum Gasteiger partial charge on any atom is -0.255 e. The van der Waals surface area contributed by atoms with Gasteiger partial charge in [-0.15, -0.1) is 0 Å². The summed E-state index contributed by atoms with van der Waals surface area (Å²) in [6.45, 7) is 0. The quantitative estimate of drug-likeness (QED) is 0.618. The Kier molecular flexibility index (Phi) is 1.96. The molecule has 15 heavy (non-hydrogen) atoms. The summed E-state index contributed by atoms with van der Waals surface area (Å²) in [5.74, 6) is 0. The maximum atomic E-state index is 4.38. The van der Waals surface area contributed by atoms with Crippen molar-refractivity contribution in [3.8, 4) is 11.3 Å². The molecule has 71 valence electrons. The van der Waals surface area contributed by atoms with Gasteiger partial charge in [0, 0.05) is 22.5 Å². The molecule has 0 aliphatic carbocycles. The van der Waals surface area contributed by atoms with Crippen molar-refractivity contribution >= 4 is 22.3 Å². The predicted octanol–water partition coefficient (Wildman–Crippen LogP) is 3.16. The van der Waals surface area contributed by atoms with Gasteiger partial charge in [0.25, 0.3) is 0 Å². The highest BCUT2D eigenvalue weighted by Crippen LogP contribution is 2.26. The summed E-state index contributed by atoms with van der Waals surface area (Å²) in [6.07, 6.45) is 4.77. The van der Waals surface area contributed by atoms with Crippen molar-refractivity contribution in [1.82, 2.24) is 9.36 Å². The number of pyridine rings is 1. The number of benzene rings is 1. The predicted molar refractivity (Wildman–Crippen MR) is 61.7 cm³/mol. The van der Waals surface area contributed by atoms with Gasteiger partial charge in [-0.1, -0.05) is 24.3 Å². The molecule has 0 amide bonds. The molecule has 3 heteroatoms. The van der Waals surface area contributed by atoms with E-state index in [1.165, 1.54) is 16.9 Å². The van der Waals surface area contributed by atoms with E-state index in [2.05, 4.69) is 27.7 Å². The summed E-state index contributed by atoms with van der Waals surface area (Å²) in [4.78, 5) is 4.38. The number of nitrogens with zero attached hydrogens (tertiary/aromatic N) is 2. The molecule has 0 aliphatic rings. The van der Waals surface area contributed by atoms with Crippen LogP contribution in [0.15, 0.2) is 41.9 Å². The Morgan fingerprint density at radius 3 is 2.93 bits per heavy atom. The average Bonchev–Trinajstić information content (AvgIpc) is 2.82. The molecule has 2 nitrogen and oxygen atoms in total. The van der Waals surface area contributed by atoms with E-state index < -0.39 is 0 Å². The van der Waals surface area contributed by atoms with Gasteiger partial charge >= 0.3 is 0 Å². The molecule has 3 aromatic rings. The van der Waals surface area contributed by atoms with E-state index in [1.807, 2.05) is 29.8 Å². The van der Waals surface area contributed by atoms with E-state index in [0.29, 0.717) is 0 Å². The van der Waals surface area contributed by atoms with Gasteiger partial charge in [-0.3, -0.25) is 4.98 Å². The third kappa shape index (κ3) is 1.41. The van der Waals surface area contributed by atoms with Crippen LogP contribution in [-0.2, 0) is 0 Å². The second kappa shape index (κ2) is 3.44. The molecule has 0 spiro atoms. The van der Waals surface area contributed by atoms with E-state index in [9.17, 15) is 0 Å². The van der Waals surface area contributed by atoms with Crippen molar-refractivity contribution in [3.05, 3.63) is 48.1 Å². The monoisotopic (exact) mass is 211 g/mol. The Bertz CT molecular complexity index is 582. The van der Waals surface area contributed by atoms with Gasteiger partial charge in [0.1, 0.15) is 6.20 Å². The van der Waals surface area contributed by atoms with Crippen LogP contribution in [0.1, 0.15) is 0 Å². The van der Waals surface area contributed by atoms with Crippen molar-refractivity contribution in [2.24, 2.45) is 0 Å². The first-order valence-corrected chi connectivity index (χ1v) is 5.45. The van der Waals surface area contributed by atoms with Gasteiger partial charge in [-0.05, 0) is 23.0 Å². The highest BCUT2D eigenvalue weighted by molar-refractivity contribution is 7.03. The molecule has 0 aliphatic heterocycles. The maximum absolute atomic E-state index is 4.38. The summed E-state index contributed by atoms with van der Waals surface area (Å²) in [5, 5.41) is 4.31. The Morgan fingerprint density at radius 2 is 2.07 bits per heavy atom. The number of hydrogen-bond donors (Lipinski definition) is 0. The minimum atomic E-state index is 0.960. The molecular formula is C12H7N2S. The lowest BCUT2D eigenvalue weighted by Crippen LogP contribution is -1.83. The second-order valence-corrected chi connectivity index (χ2v) is 3.85. The van der Waals surface area contributed by atoms with E-state index in [1.54, 1.807) is 0 Å². The molecule has 0 N–H and O–H groups in total. The number of aromatic nitrogens is 2. The fraction of sp³-hybridized carbons (Fsp3) is 0. The molecule has 0 saturated heterocycles. The number of fused-ring (bicyclic) bond motifs is 1. The first-order chi connectivity index (χ1) is 7.45. The summed E-state index contributed by atoms with van der Waals surface area (Å²) in [5.41, 5.74) is 1.93. The van der Waals surface area contributed by atoms with Crippen molar-refractivity contribution < 1.29 is 0 Å². The van der Waals surface area contributed by atoms with Crippen LogP contribution in [0.25, 0.3) is 22.0 Å². The van der Waals surface area contributed by atoms with Crippen LogP contribution in [0.4, 0.5) is 0 Å². The standard InChI is InChI=1S/C12H7N2S/c1-2-4-11-9(3-1)5-6-13-12(11)10-7-14-15-8-10/h1-6,8H. The highest BCUT2D eigenvalue weighted by Gasteiger charge is 2.05. The second-order valence-electron chi connectivity index (χ2n) is 3.22. The van der Waals surface area contributed by atoms with Crippen molar-refractivity contribution in [2.75, 3.05) is 0 Å². The van der Waals surface area contributed by atoms with Crippen molar-refractivity contribution in [1.29, 1.82) is 0 Å². The molecule has 2 heterocycles. The van der Waals surface area contributed by atoms with Crippen molar-refractivity contribution in [2.45, 2.75) is 0 Å². The molecule has 1 aromatic carbocycles. The minimum absolute atomic E-state index is 0.960. The van der Waals surface area contributed by atoms with Gasteiger partial charge in [-0.2, -0.15) is 4.37 Å². The zero-order valence-electron chi connectivity index (χ0n) is 7.84. The van der Waals surface area contributed by atoms with Crippen LogP contribution in [0.5, 0.6) is 0 Å². The average molecular weight is 211 g/mol. The lowest BCUT2D eigenvalue weighted by Gasteiger charge is -2.01. The van der Waals surface area contributed by atoms with Crippen LogP contribution in [0.3, 0.4) is 0 Å². The number of hydrogen-bond acceptors (Lipinski definition) is 3. The topological polar surface area (TPSA) is 25.8 Å². The van der Waals surface area contributed by atoms with Crippen LogP contribution in [0.2, 0.25) is 0 Å². The van der Waals surface area contributed by atoms with Crippen LogP contribution >= 0.6 is 11.5 Å². The van der Waals surface area contributed by atoms with Gasteiger partial charge < -0.3 is 0 Å². The zero-order chi connectivity index (χ0) is 10.1. The summed E-state index contributed by atoms with van der Waals surface area (Å²) in [6, 6.07) is 10.2. The molecule has 3 rings (SSSR count). The third-order valence-corrected chi connectivity index (χ3v) is 2.86. The van der Waals surface area contributed by atoms with Crippen LogP contribution in [0, 0.1) is 6.20 Å². The van der Waals surface area contributed by atoms with E-state index in [-0.39, 0.29) is 0 Å².